The number of benzene rings is 1. The highest BCUT2D eigenvalue weighted by Gasteiger charge is 1.98. The van der Waals surface area contributed by atoms with Gasteiger partial charge in [0.05, 0.1) is 0 Å². The van der Waals surface area contributed by atoms with Gasteiger partial charge in [-0.15, -0.1) is 0 Å². The second kappa shape index (κ2) is 4.00. The van der Waals surface area contributed by atoms with E-state index in [1.54, 1.807) is 6.20 Å². The molecule has 0 aliphatic heterocycles. The van der Waals surface area contributed by atoms with Gasteiger partial charge in [-0.3, -0.25) is 0 Å². The fraction of sp³-hybridized carbons (Fsp3) is 0.0833. The minimum absolute atomic E-state index is 0.753. The third kappa shape index (κ3) is 2.26. The zero-order chi connectivity index (χ0) is 10.7. The van der Waals surface area contributed by atoms with Crippen molar-refractivity contribution in [2.75, 3.05) is 11.1 Å². The van der Waals surface area contributed by atoms with Gasteiger partial charge < -0.3 is 11.1 Å². The Bertz CT molecular complexity index is 452. The van der Waals surface area contributed by atoms with Gasteiger partial charge in [0.1, 0.15) is 5.82 Å². The normalized spacial score (nSPS) is 9.93. The van der Waals surface area contributed by atoms with E-state index in [-0.39, 0.29) is 0 Å². The van der Waals surface area contributed by atoms with E-state index in [1.807, 2.05) is 43.3 Å². The number of aromatic nitrogens is 1. The van der Waals surface area contributed by atoms with Crippen molar-refractivity contribution >= 4 is 17.2 Å². The van der Waals surface area contributed by atoms with E-state index in [1.165, 1.54) is 0 Å². The zero-order valence-electron chi connectivity index (χ0n) is 8.57. The molecule has 0 aliphatic carbocycles. The maximum Gasteiger partial charge on any atom is 0.132 e. The van der Waals surface area contributed by atoms with Crippen molar-refractivity contribution in [3.63, 3.8) is 0 Å². The van der Waals surface area contributed by atoms with Crippen molar-refractivity contribution in [2.45, 2.75) is 6.92 Å². The topological polar surface area (TPSA) is 50.9 Å². The van der Waals surface area contributed by atoms with Gasteiger partial charge in [-0.1, -0.05) is 18.2 Å². The molecule has 0 saturated carbocycles. The number of anilines is 3. The van der Waals surface area contributed by atoms with E-state index < -0.39 is 0 Å². The molecular formula is C12H13N3. The molecular weight excluding hydrogens is 186 g/mol. The molecule has 1 heterocycles. The number of hydrogen-bond acceptors (Lipinski definition) is 3. The number of nitrogens with one attached hydrogen (secondary N) is 1. The number of para-hydroxylation sites is 1. The molecule has 15 heavy (non-hydrogen) atoms. The smallest absolute Gasteiger partial charge is 0.132 e. The molecule has 2 aromatic rings. The van der Waals surface area contributed by atoms with E-state index in [0.717, 1.165) is 22.8 Å². The van der Waals surface area contributed by atoms with Crippen LogP contribution in [0, 0.1) is 6.92 Å². The number of hydrogen-bond donors (Lipinski definition) is 2. The Labute approximate surface area is 89.0 Å². The van der Waals surface area contributed by atoms with E-state index in [0.29, 0.717) is 0 Å². The monoisotopic (exact) mass is 199 g/mol. The zero-order valence-corrected chi connectivity index (χ0v) is 8.57. The van der Waals surface area contributed by atoms with Crippen molar-refractivity contribution in [1.29, 1.82) is 0 Å². The molecule has 1 aromatic carbocycles. The average molecular weight is 199 g/mol. The first kappa shape index (κ1) is 9.52. The summed E-state index contributed by atoms with van der Waals surface area (Å²) in [5, 5.41) is 3.18. The second-order valence-electron chi connectivity index (χ2n) is 3.42. The van der Waals surface area contributed by atoms with Gasteiger partial charge in [0.15, 0.2) is 0 Å². The third-order valence-electron chi connectivity index (χ3n) is 2.19. The summed E-state index contributed by atoms with van der Waals surface area (Å²) >= 11 is 0. The number of nitrogens with zero attached hydrogens (tertiary/aromatic N) is 1. The molecule has 76 valence electrons. The van der Waals surface area contributed by atoms with E-state index >= 15 is 0 Å². The summed E-state index contributed by atoms with van der Waals surface area (Å²) in [4.78, 5) is 4.24. The van der Waals surface area contributed by atoms with Crippen LogP contribution in [0.4, 0.5) is 17.2 Å². The lowest BCUT2D eigenvalue weighted by atomic mass is 10.2. The van der Waals surface area contributed by atoms with Crippen LogP contribution in [0.15, 0.2) is 42.6 Å². The molecule has 0 spiro atoms. The standard InChI is InChI=1S/C12H13N3/c1-9-8-14-12(7-11(9)13)15-10-5-3-2-4-6-10/h2-8H,1H3,(H3,13,14,15). The molecule has 0 saturated heterocycles. The Balaban J connectivity index is 2.22. The van der Waals surface area contributed by atoms with Crippen LogP contribution >= 0.6 is 0 Å². The number of nitrogens with two attached hydrogens (primary N) is 1. The minimum Gasteiger partial charge on any atom is -0.398 e. The molecule has 0 unspecified atom stereocenters. The fourth-order valence-electron chi connectivity index (χ4n) is 1.28. The summed E-state index contributed by atoms with van der Waals surface area (Å²) in [5.41, 5.74) is 8.55. The van der Waals surface area contributed by atoms with Gasteiger partial charge in [-0.25, -0.2) is 4.98 Å². The van der Waals surface area contributed by atoms with Crippen molar-refractivity contribution in [1.82, 2.24) is 4.98 Å². The predicted molar refractivity (Wildman–Crippen MR) is 63.1 cm³/mol. The number of aryl methyl sites for hydroxylation is 1. The van der Waals surface area contributed by atoms with Crippen molar-refractivity contribution in [3.8, 4) is 0 Å². The Morgan fingerprint density at radius 2 is 1.93 bits per heavy atom. The van der Waals surface area contributed by atoms with Crippen LogP contribution in [-0.4, -0.2) is 4.98 Å². The van der Waals surface area contributed by atoms with Crippen LogP contribution in [0.2, 0.25) is 0 Å². The molecule has 1 aromatic heterocycles. The summed E-state index contributed by atoms with van der Waals surface area (Å²) in [7, 11) is 0. The van der Waals surface area contributed by atoms with Crippen molar-refractivity contribution < 1.29 is 0 Å². The molecule has 3 heteroatoms. The van der Waals surface area contributed by atoms with Crippen LogP contribution in [0.5, 0.6) is 0 Å². The lowest BCUT2D eigenvalue weighted by Gasteiger charge is -2.06. The minimum atomic E-state index is 0.753. The maximum atomic E-state index is 5.79. The highest BCUT2D eigenvalue weighted by atomic mass is 15.0. The largest absolute Gasteiger partial charge is 0.398 e. The van der Waals surface area contributed by atoms with Crippen molar-refractivity contribution in [2.24, 2.45) is 0 Å². The van der Waals surface area contributed by atoms with Crippen LogP contribution in [0.1, 0.15) is 5.56 Å². The van der Waals surface area contributed by atoms with E-state index in [4.69, 9.17) is 5.73 Å². The van der Waals surface area contributed by atoms with Gasteiger partial charge in [0.25, 0.3) is 0 Å². The summed E-state index contributed by atoms with van der Waals surface area (Å²) in [6, 6.07) is 11.7. The average Bonchev–Trinajstić information content (AvgIpc) is 2.25. The molecule has 0 amide bonds. The second-order valence-corrected chi connectivity index (χ2v) is 3.42. The van der Waals surface area contributed by atoms with Gasteiger partial charge in [-0.05, 0) is 24.6 Å². The van der Waals surface area contributed by atoms with Gasteiger partial charge in [0.2, 0.25) is 0 Å². The molecule has 0 aliphatic rings. The third-order valence-corrected chi connectivity index (χ3v) is 2.19. The molecule has 0 fully saturated rings. The van der Waals surface area contributed by atoms with Crippen LogP contribution < -0.4 is 11.1 Å². The Morgan fingerprint density at radius 1 is 1.20 bits per heavy atom. The molecule has 3 nitrogen and oxygen atoms in total. The van der Waals surface area contributed by atoms with Crippen LogP contribution in [0.25, 0.3) is 0 Å². The summed E-state index contributed by atoms with van der Waals surface area (Å²) in [6.07, 6.45) is 1.76. The Morgan fingerprint density at radius 3 is 2.60 bits per heavy atom. The molecule has 3 N–H and O–H groups in total. The first-order chi connectivity index (χ1) is 7.25. The Kier molecular flexibility index (Phi) is 2.54. The first-order valence-corrected chi connectivity index (χ1v) is 4.80. The van der Waals surface area contributed by atoms with Gasteiger partial charge in [-0.2, -0.15) is 0 Å². The number of nitrogen functional groups attached to an aromatic ring is 1. The van der Waals surface area contributed by atoms with E-state index in [9.17, 15) is 0 Å². The van der Waals surface area contributed by atoms with Crippen molar-refractivity contribution in [3.05, 3.63) is 48.2 Å². The summed E-state index contributed by atoms with van der Waals surface area (Å²) in [5.74, 6) is 0.768. The number of rotatable bonds is 2. The lowest BCUT2D eigenvalue weighted by Crippen LogP contribution is -1.97. The fourth-order valence-corrected chi connectivity index (χ4v) is 1.28. The lowest BCUT2D eigenvalue weighted by molar-refractivity contribution is 1.26. The Hall–Kier alpha value is -2.03. The first-order valence-electron chi connectivity index (χ1n) is 4.80. The van der Waals surface area contributed by atoms with Crippen LogP contribution in [0.3, 0.4) is 0 Å². The highest BCUT2D eigenvalue weighted by molar-refractivity contribution is 5.61. The molecule has 0 radical (unpaired) electrons. The quantitative estimate of drug-likeness (QED) is 0.781. The van der Waals surface area contributed by atoms with Gasteiger partial charge >= 0.3 is 0 Å². The molecule has 2 rings (SSSR count). The SMILES string of the molecule is Cc1cnc(Nc2ccccc2)cc1N. The summed E-state index contributed by atoms with van der Waals surface area (Å²) in [6.45, 7) is 1.94. The predicted octanol–water partition coefficient (Wildman–Crippen LogP) is 2.72. The molecule has 0 atom stereocenters. The van der Waals surface area contributed by atoms with Crippen LogP contribution in [-0.2, 0) is 0 Å². The molecule has 0 bridgehead atoms. The van der Waals surface area contributed by atoms with Gasteiger partial charge in [0, 0.05) is 23.6 Å². The number of pyridine rings is 1. The summed E-state index contributed by atoms with van der Waals surface area (Å²) < 4.78 is 0. The van der Waals surface area contributed by atoms with E-state index in [2.05, 4.69) is 10.3 Å². The maximum absolute atomic E-state index is 5.79. The highest BCUT2D eigenvalue weighted by Crippen LogP contribution is 2.17.